The molecule has 1 aliphatic rings. The number of nitrogens with two attached hydrogens (primary N) is 1. The highest BCUT2D eigenvalue weighted by Crippen LogP contribution is 2.20. The van der Waals surface area contributed by atoms with Crippen molar-refractivity contribution >= 4 is 34.7 Å². The van der Waals surface area contributed by atoms with Crippen molar-refractivity contribution in [3.63, 3.8) is 0 Å². The lowest BCUT2D eigenvalue weighted by Crippen LogP contribution is -2.36. The molecular formula is C18H22N6O2. The molecule has 0 aliphatic heterocycles. The van der Waals surface area contributed by atoms with Gasteiger partial charge in [-0.2, -0.15) is 0 Å². The van der Waals surface area contributed by atoms with E-state index < -0.39 is 0 Å². The van der Waals surface area contributed by atoms with Gasteiger partial charge in [-0.3, -0.25) is 10.3 Å². The topological polar surface area (TPSA) is 137 Å². The van der Waals surface area contributed by atoms with Crippen molar-refractivity contribution < 1.29 is 9.90 Å². The number of fused-ring (bicyclic) bond motifs is 1. The maximum Gasteiger partial charge on any atom is 0.320 e. The number of urea groups is 1. The number of pyridine rings is 2. The van der Waals surface area contributed by atoms with E-state index in [-0.39, 0.29) is 24.4 Å². The van der Waals surface area contributed by atoms with E-state index >= 15 is 0 Å². The van der Waals surface area contributed by atoms with Crippen LogP contribution in [0.2, 0.25) is 0 Å². The lowest BCUT2D eigenvalue weighted by atomic mass is 10.1. The van der Waals surface area contributed by atoms with E-state index in [0.717, 1.165) is 31.9 Å². The number of nitrogens with zero attached hydrogens (tertiary/aromatic N) is 2. The lowest BCUT2D eigenvalue weighted by Gasteiger charge is -2.13. The van der Waals surface area contributed by atoms with Gasteiger partial charge >= 0.3 is 6.03 Å². The minimum atomic E-state index is -0.348. The molecule has 0 spiro atoms. The van der Waals surface area contributed by atoms with Gasteiger partial charge in [0.25, 0.3) is 0 Å². The van der Waals surface area contributed by atoms with Crippen LogP contribution in [0.5, 0.6) is 0 Å². The molecule has 0 aromatic carbocycles. The zero-order chi connectivity index (χ0) is 18.5. The van der Waals surface area contributed by atoms with Gasteiger partial charge in [-0.1, -0.05) is 12.8 Å². The average molecular weight is 354 g/mol. The smallest absolute Gasteiger partial charge is 0.320 e. The van der Waals surface area contributed by atoms with Crippen molar-refractivity contribution in [2.75, 3.05) is 11.9 Å². The van der Waals surface area contributed by atoms with Crippen LogP contribution in [0.1, 0.15) is 31.2 Å². The van der Waals surface area contributed by atoms with Crippen molar-refractivity contribution in [3.8, 4) is 0 Å². The van der Waals surface area contributed by atoms with Gasteiger partial charge in [-0.25, -0.2) is 9.78 Å². The van der Waals surface area contributed by atoms with E-state index in [1.54, 1.807) is 24.4 Å². The Morgan fingerprint density at radius 3 is 2.81 bits per heavy atom. The minimum Gasteiger partial charge on any atom is -0.400 e. The van der Waals surface area contributed by atoms with Crippen LogP contribution in [0.15, 0.2) is 30.1 Å². The molecule has 8 heteroatoms. The van der Waals surface area contributed by atoms with Crippen molar-refractivity contribution in [2.24, 2.45) is 5.73 Å². The second kappa shape index (κ2) is 7.92. The van der Waals surface area contributed by atoms with Gasteiger partial charge in [0.2, 0.25) is 0 Å². The third kappa shape index (κ3) is 3.97. The molecule has 1 saturated carbocycles. The third-order valence-corrected chi connectivity index (χ3v) is 4.44. The predicted molar refractivity (Wildman–Crippen MR) is 101 cm³/mol. The third-order valence-electron chi connectivity index (χ3n) is 4.44. The highest BCUT2D eigenvalue weighted by atomic mass is 16.3. The van der Waals surface area contributed by atoms with Crippen molar-refractivity contribution in [2.45, 2.75) is 31.7 Å². The number of carbonyl (C=O) groups is 1. The Kier molecular flexibility index (Phi) is 5.43. The maximum atomic E-state index is 12.1. The molecule has 2 heterocycles. The first-order valence-electron chi connectivity index (χ1n) is 8.55. The molecule has 3 rings (SSSR count). The van der Waals surface area contributed by atoms with E-state index in [1.165, 1.54) is 0 Å². The Morgan fingerprint density at radius 2 is 2.12 bits per heavy atom. The predicted octanol–water partition coefficient (Wildman–Crippen LogP) is 2.01. The first-order chi connectivity index (χ1) is 12.6. The van der Waals surface area contributed by atoms with Crippen LogP contribution in [-0.2, 0) is 0 Å². The number of aliphatic hydroxyl groups is 1. The number of carbonyl (C=O) groups excluding carboxylic acids is 1. The second-order valence-corrected chi connectivity index (χ2v) is 6.28. The summed E-state index contributed by atoms with van der Waals surface area (Å²) in [4.78, 5) is 20.8. The number of anilines is 1. The van der Waals surface area contributed by atoms with E-state index in [9.17, 15) is 9.90 Å². The molecular weight excluding hydrogens is 332 g/mol. The number of rotatable bonds is 5. The first-order valence-corrected chi connectivity index (χ1v) is 8.55. The molecule has 0 bridgehead atoms. The fourth-order valence-electron chi connectivity index (χ4n) is 3.08. The van der Waals surface area contributed by atoms with Crippen LogP contribution in [0.3, 0.4) is 0 Å². The van der Waals surface area contributed by atoms with Crippen LogP contribution in [0, 0.1) is 5.41 Å². The van der Waals surface area contributed by atoms with Crippen LogP contribution in [0.4, 0.5) is 10.6 Å². The van der Waals surface area contributed by atoms with E-state index in [0.29, 0.717) is 28.0 Å². The SMILES string of the molecule is N=CC(=C(N)CO)c1cnc2ccc(NC(=O)NC3CCCC3)nc2c1. The quantitative estimate of drug-likeness (QED) is 0.523. The van der Waals surface area contributed by atoms with Gasteiger partial charge in [0.1, 0.15) is 5.82 Å². The fourth-order valence-corrected chi connectivity index (χ4v) is 3.08. The molecule has 0 unspecified atom stereocenters. The van der Waals surface area contributed by atoms with E-state index in [1.807, 2.05) is 0 Å². The van der Waals surface area contributed by atoms with Gasteiger partial charge in [0, 0.05) is 35.3 Å². The Labute approximate surface area is 151 Å². The van der Waals surface area contributed by atoms with Crippen LogP contribution >= 0.6 is 0 Å². The Morgan fingerprint density at radius 1 is 1.35 bits per heavy atom. The fraction of sp³-hybridized carbons (Fsp3) is 0.333. The van der Waals surface area contributed by atoms with Crippen LogP contribution in [0.25, 0.3) is 16.6 Å². The summed E-state index contributed by atoms with van der Waals surface area (Å²) < 4.78 is 0. The van der Waals surface area contributed by atoms with Gasteiger partial charge in [0.05, 0.1) is 17.6 Å². The van der Waals surface area contributed by atoms with Crippen LogP contribution in [-0.4, -0.2) is 40.0 Å². The second-order valence-electron chi connectivity index (χ2n) is 6.28. The largest absolute Gasteiger partial charge is 0.400 e. The molecule has 136 valence electrons. The summed E-state index contributed by atoms with van der Waals surface area (Å²) in [7, 11) is 0. The summed E-state index contributed by atoms with van der Waals surface area (Å²) in [5.74, 6) is 0.419. The highest BCUT2D eigenvalue weighted by Gasteiger charge is 2.17. The van der Waals surface area contributed by atoms with E-state index in [2.05, 4.69) is 20.6 Å². The number of aliphatic hydroxyl groups excluding tert-OH is 1. The van der Waals surface area contributed by atoms with Gasteiger partial charge in [0.15, 0.2) is 0 Å². The lowest BCUT2D eigenvalue weighted by molar-refractivity contribution is 0.248. The van der Waals surface area contributed by atoms with Crippen molar-refractivity contribution in [1.82, 2.24) is 15.3 Å². The monoisotopic (exact) mass is 354 g/mol. The number of amides is 2. The molecule has 0 saturated heterocycles. The number of aromatic nitrogens is 2. The number of nitrogens with one attached hydrogen (secondary N) is 3. The van der Waals surface area contributed by atoms with Crippen molar-refractivity contribution in [1.29, 1.82) is 5.41 Å². The molecule has 1 aliphatic carbocycles. The van der Waals surface area contributed by atoms with Crippen LogP contribution < -0.4 is 16.4 Å². The van der Waals surface area contributed by atoms with E-state index in [4.69, 9.17) is 11.1 Å². The highest BCUT2D eigenvalue weighted by molar-refractivity contribution is 6.10. The molecule has 2 amide bonds. The number of hydrogen-bond acceptors (Lipinski definition) is 6. The maximum absolute atomic E-state index is 12.1. The normalized spacial score (nSPS) is 15.6. The molecule has 6 N–H and O–H groups in total. The molecule has 0 atom stereocenters. The molecule has 2 aromatic heterocycles. The molecule has 2 aromatic rings. The van der Waals surface area contributed by atoms with Crippen molar-refractivity contribution in [3.05, 3.63) is 35.7 Å². The summed E-state index contributed by atoms with van der Waals surface area (Å²) in [5, 5.41) is 22.4. The van der Waals surface area contributed by atoms with Gasteiger partial charge in [-0.15, -0.1) is 0 Å². The Hall–Kier alpha value is -3.00. The standard InChI is InChI=1S/C18H22N6O2/c19-8-13(14(20)10-25)11-7-16-15(21-9-11)5-6-17(23-16)24-18(26)22-12-3-1-2-4-12/h5-9,12,19,25H,1-4,10,20H2,(H2,22,23,24,26). The zero-order valence-corrected chi connectivity index (χ0v) is 14.3. The van der Waals surface area contributed by atoms with Gasteiger partial charge in [-0.05, 0) is 31.0 Å². The summed E-state index contributed by atoms with van der Waals surface area (Å²) in [6, 6.07) is 5.15. The molecule has 26 heavy (non-hydrogen) atoms. The molecule has 0 radical (unpaired) electrons. The number of hydrogen-bond donors (Lipinski definition) is 5. The van der Waals surface area contributed by atoms with Gasteiger partial charge < -0.3 is 21.6 Å². The first kappa shape index (κ1) is 17.8. The summed E-state index contributed by atoms with van der Waals surface area (Å²) in [6.07, 6.45) is 6.97. The molecule has 8 nitrogen and oxygen atoms in total. The Balaban J connectivity index is 1.82. The Bertz CT molecular complexity index is 858. The molecule has 1 fully saturated rings. The summed E-state index contributed by atoms with van der Waals surface area (Å²) in [6.45, 7) is -0.348. The minimum absolute atomic E-state index is 0.186. The number of allylic oxidation sites excluding steroid dienone is 1. The zero-order valence-electron chi connectivity index (χ0n) is 14.3. The summed E-state index contributed by atoms with van der Waals surface area (Å²) in [5.41, 5.74) is 8.12. The average Bonchev–Trinajstić information content (AvgIpc) is 3.14. The summed E-state index contributed by atoms with van der Waals surface area (Å²) >= 11 is 0.